The molecule has 0 aliphatic rings. The number of ether oxygens (including phenoxy) is 3. The Hall–Kier alpha value is -2.58. The van der Waals surface area contributed by atoms with Crippen molar-refractivity contribution in [3.05, 3.63) is 53.6 Å². The number of rotatable bonds is 8. The molecular weight excluding hydrogens is 370 g/mol. The number of carbonyl (C=O) groups excluding carboxylic acids is 1. The molecule has 0 aromatic heterocycles. The van der Waals surface area contributed by atoms with Gasteiger partial charge in [0.1, 0.15) is 6.61 Å². The number of hydrogen-bond acceptors (Lipinski definition) is 6. The number of nitrogens with one attached hydrogen (secondary N) is 1. The first-order valence-electron chi connectivity index (χ1n) is 8.25. The van der Waals surface area contributed by atoms with E-state index in [2.05, 4.69) is 9.46 Å². The smallest absolute Gasteiger partial charge is 0.338 e. The van der Waals surface area contributed by atoms with E-state index in [0.717, 1.165) is 0 Å². The highest BCUT2D eigenvalue weighted by atomic mass is 32.2. The van der Waals surface area contributed by atoms with Crippen molar-refractivity contribution in [1.29, 1.82) is 0 Å². The SMILES string of the molecule is COC(=O)c1cc(S(=O)(=O)N[C@@H](C)COc2ccccc2OC)ccc1C. The van der Waals surface area contributed by atoms with Crippen LogP contribution in [-0.2, 0) is 14.8 Å². The Bertz CT molecular complexity index is 910. The van der Waals surface area contributed by atoms with Crippen molar-refractivity contribution in [3.8, 4) is 11.5 Å². The number of hydrogen-bond donors (Lipinski definition) is 1. The van der Waals surface area contributed by atoms with Crippen molar-refractivity contribution in [2.45, 2.75) is 24.8 Å². The van der Waals surface area contributed by atoms with E-state index in [0.29, 0.717) is 17.1 Å². The van der Waals surface area contributed by atoms with Gasteiger partial charge < -0.3 is 14.2 Å². The van der Waals surface area contributed by atoms with E-state index in [9.17, 15) is 13.2 Å². The molecule has 0 aliphatic carbocycles. The average molecular weight is 393 g/mol. The second-order valence-corrected chi connectivity index (χ2v) is 7.67. The van der Waals surface area contributed by atoms with Gasteiger partial charge in [0.25, 0.3) is 0 Å². The van der Waals surface area contributed by atoms with Gasteiger partial charge in [0.2, 0.25) is 10.0 Å². The van der Waals surface area contributed by atoms with Gasteiger partial charge in [-0.1, -0.05) is 18.2 Å². The van der Waals surface area contributed by atoms with E-state index < -0.39 is 22.0 Å². The first-order chi connectivity index (χ1) is 12.8. The average Bonchev–Trinajstić information content (AvgIpc) is 2.65. The number of carbonyl (C=O) groups is 1. The molecule has 0 saturated heterocycles. The molecule has 0 amide bonds. The molecule has 8 heteroatoms. The second kappa shape index (κ2) is 8.88. The molecule has 2 rings (SSSR count). The van der Waals surface area contributed by atoms with Gasteiger partial charge >= 0.3 is 5.97 Å². The van der Waals surface area contributed by atoms with Gasteiger partial charge in [0, 0.05) is 0 Å². The maximum absolute atomic E-state index is 12.6. The third-order valence-corrected chi connectivity index (χ3v) is 5.43. The standard InChI is InChI=1S/C19H23NO6S/c1-13-9-10-15(11-16(13)19(21)25-4)27(22,23)20-14(2)12-26-18-8-6-5-7-17(18)24-3/h5-11,14,20H,12H2,1-4H3/t14-/m0/s1. The quantitative estimate of drug-likeness (QED) is 0.693. The highest BCUT2D eigenvalue weighted by molar-refractivity contribution is 7.89. The van der Waals surface area contributed by atoms with Gasteiger partial charge in [-0.15, -0.1) is 0 Å². The predicted octanol–water partition coefficient (Wildman–Crippen LogP) is 2.54. The van der Waals surface area contributed by atoms with Crippen LogP contribution in [0.1, 0.15) is 22.8 Å². The van der Waals surface area contributed by atoms with Crippen LogP contribution in [0.25, 0.3) is 0 Å². The maximum Gasteiger partial charge on any atom is 0.338 e. The molecule has 0 unspecified atom stereocenters. The summed E-state index contributed by atoms with van der Waals surface area (Å²) in [7, 11) is -1.05. The molecule has 146 valence electrons. The van der Waals surface area contributed by atoms with Crippen LogP contribution in [0.15, 0.2) is 47.4 Å². The van der Waals surface area contributed by atoms with Gasteiger partial charge in [0.15, 0.2) is 11.5 Å². The van der Waals surface area contributed by atoms with Crippen molar-refractivity contribution < 1.29 is 27.4 Å². The van der Waals surface area contributed by atoms with Crippen LogP contribution in [0.3, 0.4) is 0 Å². The monoisotopic (exact) mass is 393 g/mol. The number of aryl methyl sites for hydroxylation is 1. The van der Waals surface area contributed by atoms with Crippen LogP contribution in [0.5, 0.6) is 11.5 Å². The van der Waals surface area contributed by atoms with E-state index in [-0.39, 0.29) is 17.1 Å². The zero-order chi connectivity index (χ0) is 20.0. The molecule has 1 N–H and O–H groups in total. The Morgan fingerprint density at radius 2 is 1.78 bits per heavy atom. The summed E-state index contributed by atoms with van der Waals surface area (Å²) in [5.41, 5.74) is 0.839. The first-order valence-corrected chi connectivity index (χ1v) is 9.74. The fourth-order valence-electron chi connectivity index (χ4n) is 2.42. The number of benzene rings is 2. The summed E-state index contributed by atoms with van der Waals surface area (Å²) in [5, 5.41) is 0. The van der Waals surface area contributed by atoms with Crippen molar-refractivity contribution in [1.82, 2.24) is 4.72 Å². The molecule has 27 heavy (non-hydrogen) atoms. The van der Waals surface area contributed by atoms with Gasteiger partial charge in [0.05, 0.1) is 30.7 Å². The summed E-state index contributed by atoms with van der Waals surface area (Å²) in [4.78, 5) is 11.8. The van der Waals surface area contributed by atoms with Crippen molar-refractivity contribution >= 4 is 16.0 Å². The maximum atomic E-state index is 12.6. The highest BCUT2D eigenvalue weighted by Crippen LogP contribution is 2.26. The normalized spacial score (nSPS) is 12.3. The number of para-hydroxylation sites is 2. The lowest BCUT2D eigenvalue weighted by Crippen LogP contribution is -2.36. The molecule has 0 aliphatic heterocycles. The summed E-state index contributed by atoms with van der Waals surface area (Å²) in [6.07, 6.45) is 0. The van der Waals surface area contributed by atoms with E-state index in [4.69, 9.17) is 9.47 Å². The largest absolute Gasteiger partial charge is 0.493 e. The topological polar surface area (TPSA) is 90.9 Å². The summed E-state index contributed by atoms with van der Waals surface area (Å²) < 4.78 is 43.3. The molecule has 1 atom stereocenters. The summed E-state index contributed by atoms with van der Waals surface area (Å²) in [6, 6.07) is 10.9. The molecule has 0 fully saturated rings. The van der Waals surface area contributed by atoms with E-state index in [1.54, 1.807) is 38.1 Å². The number of esters is 1. The van der Waals surface area contributed by atoms with Gasteiger partial charge in [-0.3, -0.25) is 0 Å². The van der Waals surface area contributed by atoms with E-state index >= 15 is 0 Å². The van der Waals surface area contributed by atoms with Crippen molar-refractivity contribution in [3.63, 3.8) is 0 Å². The molecule has 7 nitrogen and oxygen atoms in total. The molecular formula is C19H23NO6S. The van der Waals surface area contributed by atoms with Crippen molar-refractivity contribution in [2.24, 2.45) is 0 Å². The zero-order valence-electron chi connectivity index (χ0n) is 15.7. The Morgan fingerprint density at radius 3 is 2.41 bits per heavy atom. The third kappa shape index (κ3) is 5.21. The molecule has 0 heterocycles. The van der Waals surface area contributed by atoms with Crippen LogP contribution in [-0.4, -0.2) is 41.3 Å². The Kier molecular flexibility index (Phi) is 6.81. The Labute approximate surface area is 159 Å². The lowest BCUT2D eigenvalue weighted by molar-refractivity contribution is 0.0599. The van der Waals surface area contributed by atoms with Gasteiger partial charge in [-0.2, -0.15) is 0 Å². The van der Waals surface area contributed by atoms with Crippen LogP contribution >= 0.6 is 0 Å². The fourth-order valence-corrected chi connectivity index (χ4v) is 3.67. The van der Waals surface area contributed by atoms with Crippen LogP contribution in [0.2, 0.25) is 0 Å². The summed E-state index contributed by atoms with van der Waals surface area (Å²) in [6.45, 7) is 3.50. The number of methoxy groups -OCH3 is 2. The summed E-state index contributed by atoms with van der Waals surface area (Å²) in [5.74, 6) is 0.500. The number of sulfonamides is 1. The molecule has 0 radical (unpaired) electrons. The molecule has 2 aromatic rings. The minimum absolute atomic E-state index is 0.0161. The highest BCUT2D eigenvalue weighted by Gasteiger charge is 2.21. The molecule has 0 saturated carbocycles. The summed E-state index contributed by atoms with van der Waals surface area (Å²) >= 11 is 0. The molecule has 0 bridgehead atoms. The first kappa shape index (κ1) is 20.7. The fraction of sp³-hybridized carbons (Fsp3) is 0.316. The van der Waals surface area contributed by atoms with Crippen LogP contribution < -0.4 is 14.2 Å². The lowest BCUT2D eigenvalue weighted by atomic mass is 10.1. The minimum atomic E-state index is -3.83. The second-order valence-electron chi connectivity index (χ2n) is 5.95. The predicted molar refractivity (Wildman–Crippen MR) is 101 cm³/mol. The third-order valence-electron chi connectivity index (χ3n) is 3.84. The lowest BCUT2D eigenvalue weighted by Gasteiger charge is -2.17. The molecule has 0 spiro atoms. The zero-order valence-corrected chi connectivity index (χ0v) is 16.5. The molecule has 2 aromatic carbocycles. The van der Waals surface area contributed by atoms with E-state index in [1.165, 1.54) is 26.4 Å². The Balaban J connectivity index is 2.10. The van der Waals surface area contributed by atoms with Crippen LogP contribution in [0, 0.1) is 6.92 Å². The van der Waals surface area contributed by atoms with E-state index in [1.807, 2.05) is 6.07 Å². The Morgan fingerprint density at radius 1 is 1.11 bits per heavy atom. The van der Waals surface area contributed by atoms with Gasteiger partial charge in [-0.25, -0.2) is 17.9 Å². The minimum Gasteiger partial charge on any atom is -0.493 e. The van der Waals surface area contributed by atoms with Gasteiger partial charge in [-0.05, 0) is 43.7 Å². The van der Waals surface area contributed by atoms with Crippen molar-refractivity contribution in [2.75, 3.05) is 20.8 Å². The van der Waals surface area contributed by atoms with Crippen LogP contribution in [0.4, 0.5) is 0 Å².